The van der Waals surface area contributed by atoms with Crippen LogP contribution in [0.4, 0.5) is 5.69 Å². The molecule has 0 radical (unpaired) electrons. The Labute approximate surface area is 126 Å². The molecule has 1 heterocycles. The van der Waals surface area contributed by atoms with E-state index in [0.717, 1.165) is 50.2 Å². The first-order chi connectivity index (χ1) is 9.61. The number of aliphatic hydroxyl groups is 1. The number of benzene rings is 1. The first kappa shape index (κ1) is 15.6. The van der Waals surface area contributed by atoms with Gasteiger partial charge in [0.2, 0.25) is 0 Å². The maximum atomic E-state index is 9.63. The number of halogens is 1. The lowest BCUT2D eigenvalue weighted by atomic mass is 10.1. The van der Waals surface area contributed by atoms with Gasteiger partial charge in [0.15, 0.2) is 0 Å². The largest absolute Gasteiger partial charge is 0.389 e. The molecule has 1 aromatic carbocycles. The number of rotatable bonds is 5. The standard InChI is InChI=1S/C16H24ClNO2/c1-3-9-20-14-5-4-8-18(11-14)13-6-7-15(12(2)19)16(17)10-13/h6-7,10,12,14,19H,3-5,8-9,11H2,1-2H3. The molecule has 2 unspecified atom stereocenters. The quantitative estimate of drug-likeness (QED) is 0.897. The highest BCUT2D eigenvalue weighted by Gasteiger charge is 2.21. The van der Waals surface area contributed by atoms with Crippen molar-refractivity contribution in [3.63, 3.8) is 0 Å². The second-order valence-electron chi connectivity index (χ2n) is 5.46. The van der Waals surface area contributed by atoms with Crippen molar-refractivity contribution < 1.29 is 9.84 Å². The molecule has 112 valence electrons. The lowest BCUT2D eigenvalue weighted by Crippen LogP contribution is -2.39. The summed E-state index contributed by atoms with van der Waals surface area (Å²) < 4.78 is 5.86. The summed E-state index contributed by atoms with van der Waals surface area (Å²) in [6.07, 6.45) is 3.13. The second kappa shape index (κ2) is 7.30. The van der Waals surface area contributed by atoms with E-state index in [9.17, 15) is 5.11 Å². The van der Waals surface area contributed by atoms with Crippen LogP contribution in [0.3, 0.4) is 0 Å². The van der Waals surface area contributed by atoms with Crippen LogP contribution in [0.15, 0.2) is 18.2 Å². The van der Waals surface area contributed by atoms with Gasteiger partial charge in [-0.1, -0.05) is 24.6 Å². The lowest BCUT2D eigenvalue weighted by molar-refractivity contribution is 0.0440. The lowest BCUT2D eigenvalue weighted by Gasteiger charge is -2.34. The minimum Gasteiger partial charge on any atom is -0.389 e. The average molecular weight is 298 g/mol. The summed E-state index contributed by atoms with van der Waals surface area (Å²) in [7, 11) is 0. The number of hydrogen-bond donors (Lipinski definition) is 1. The maximum absolute atomic E-state index is 9.63. The summed E-state index contributed by atoms with van der Waals surface area (Å²) in [5.41, 5.74) is 1.90. The number of aliphatic hydroxyl groups excluding tert-OH is 1. The summed E-state index contributed by atoms with van der Waals surface area (Å²) in [6.45, 7) is 6.66. The molecule has 2 atom stereocenters. The fourth-order valence-electron chi connectivity index (χ4n) is 2.64. The molecule has 1 aromatic rings. The SMILES string of the molecule is CCCOC1CCCN(c2ccc(C(C)O)c(Cl)c2)C1. The van der Waals surface area contributed by atoms with Gasteiger partial charge >= 0.3 is 0 Å². The first-order valence-corrected chi connectivity index (χ1v) is 7.83. The van der Waals surface area contributed by atoms with Crippen LogP contribution < -0.4 is 4.90 Å². The highest BCUT2D eigenvalue weighted by atomic mass is 35.5. The molecular weight excluding hydrogens is 274 g/mol. The van der Waals surface area contributed by atoms with Crippen LogP contribution in [0.1, 0.15) is 44.8 Å². The summed E-state index contributed by atoms with van der Waals surface area (Å²) in [6, 6.07) is 5.90. The molecule has 0 saturated carbocycles. The minimum absolute atomic E-state index is 0.318. The van der Waals surface area contributed by atoms with Crippen LogP contribution in [0, 0.1) is 0 Å². The van der Waals surface area contributed by atoms with Gasteiger partial charge in [0.05, 0.1) is 12.2 Å². The van der Waals surface area contributed by atoms with Crippen molar-refractivity contribution in [3.8, 4) is 0 Å². The van der Waals surface area contributed by atoms with Gasteiger partial charge in [0, 0.05) is 30.4 Å². The molecule has 0 bridgehead atoms. The van der Waals surface area contributed by atoms with Gasteiger partial charge in [0.1, 0.15) is 0 Å². The van der Waals surface area contributed by atoms with Gasteiger partial charge in [-0.15, -0.1) is 0 Å². The van der Waals surface area contributed by atoms with Crippen LogP contribution in [-0.2, 0) is 4.74 Å². The molecule has 20 heavy (non-hydrogen) atoms. The first-order valence-electron chi connectivity index (χ1n) is 7.46. The molecule has 2 rings (SSSR count). The van der Waals surface area contributed by atoms with Gasteiger partial charge in [-0.3, -0.25) is 0 Å². The molecule has 1 aliphatic heterocycles. The molecule has 0 aromatic heterocycles. The summed E-state index contributed by atoms with van der Waals surface area (Å²) >= 11 is 6.25. The number of hydrogen-bond acceptors (Lipinski definition) is 3. The van der Waals surface area contributed by atoms with E-state index in [0.29, 0.717) is 11.1 Å². The second-order valence-corrected chi connectivity index (χ2v) is 5.87. The van der Waals surface area contributed by atoms with Crippen LogP contribution >= 0.6 is 11.6 Å². The Balaban J connectivity index is 2.05. The third-order valence-electron chi connectivity index (χ3n) is 3.74. The molecule has 4 heteroatoms. The zero-order valence-corrected chi connectivity index (χ0v) is 13.1. The Morgan fingerprint density at radius 2 is 2.30 bits per heavy atom. The minimum atomic E-state index is -0.529. The Morgan fingerprint density at radius 1 is 1.50 bits per heavy atom. The zero-order chi connectivity index (χ0) is 14.5. The van der Waals surface area contributed by atoms with Crippen LogP contribution in [-0.4, -0.2) is 30.9 Å². The fourth-order valence-corrected chi connectivity index (χ4v) is 2.98. The van der Waals surface area contributed by atoms with Crippen LogP contribution in [0.2, 0.25) is 5.02 Å². The topological polar surface area (TPSA) is 32.7 Å². The van der Waals surface area contributed by atoms with Crippen molar-refractivity contribution in [3.05, 3.63) is 28.8 Å². The van der Waals surface area contributed by atoms with E-state index in [-0.39, 0.29) is 0 Å². The van der Waals surface area contributed by atoms with Gasteiger partial charge in [-0.05, 0) is 43.9 Å². The van der Waals surface area contributed by atoms with Gasteiger partial charge in [-0.25, -0.2) is 0 Å². The molecule has 1 N–H and O–H groups in total. The molecule has 0 spiro atoms. The monoisotopic (exact) mass is 297 g/mol. The summed E-state index contributed by atoms with van der Waals surface area (Å²) in [5, 5.41) is 10.3. The average Bonchev–Trinajstić information content (AvgIpc) is 2.45. The van der Waals surface area contributed by atoms with Crippen molar-refractivity contribution in [2.75, 3.05) is 24.6 Å². The van der Waals surface area contributed by atoms with Crippen molar-refractivity contribution in [2.45, 2.75) is 45.3 Å². The van der Waals surface area contributed by atoms with E-state index in [1.165, 1.54) is 0 Å². The van der Waals surface area contributed by atoms with Gasteiger partial charge in [0.25, 0.3) is 0 Å². The molecule has 0 amide bonds. The van der Waals surface area contributed by atoms with Crippen molar-refractivity contribution in [2.24, 2.45) is 0 Å². The molecule has 1 aliphatic rings. The number of anilines is 1. The fraction of sp³-hybridized carbons (Fsp3) is 0.625. The Morgan fingerprint density at radius 3 is 2.95 bits per heavy atom. The Hall–Kier alpha value is -0.770. The van der Waals surface area contributed by atoms with Crippen molar-refractivity contribution in [1.29, 1.82) is 0 Å². The molecule has 0 aliphatic carbocycles. The summed E-state index contributed by atoms with van der Waals surface area (Å²) in [4.78, 5) is 2.32. The third kappa shape index (κ3) is 3.87. The molecule has 1 saturated heterocycles. The molecule has 1 fully saturated rings. The highest BCUT2D eigenvalue weighted by Crippen LogP contribution is 2.29. The highest BCUT2D eigenvalue weighted by molar-refractivity contribution is 6.31. The predicted octanol–water partition coefficient (Wildman–Crippen LogP) is 3.79. The van der Waals surface area contributed by atoms with E-state index in [4.69, 9.17) is 16.3 Å². The van der Waals surface area contributed by atoms with E-state index >= 15 is 0 Å². The predicted molar refractivity (Wildman–Crippen MR) is 83.6 cm³/mol. The van der Waals surface area contributed by atoms with E-state index in [2.05, 4.69) is 11.8 Å². The van der Waals surface area contributed by atoms with Crippen molar-refractivity contribution >= 4 is 17.3 Å². The maximum Gasteiger partial charge on any atom is 0.0776 e. The third-order valence-corrected chi connectivity index (χ3v) is 4.06. The van der Waals surface area contributed by atoms with Crippen LogP contribution in [0.25, 0.3) is 0 Å². The summed E-state index contributed by atoms with van der Waals surface area (Å²) in [5.74, 6) is 0. The normalized spacial score (nSPS) is 21.0. The van der Waals surface area contributed by atoms with E-state index in [1.807, 2.05) is 18.2 Å². The zero-order valence-electron chi connectivity index (χ0n) is 12.3. The Kier molecular flexibility index (Phi) is 5.70. The van der Waals surface area contributed by atoms with Gasteiger partial charge < -0.3 is 14.7 Å². The molecule has 3 nitrogen and oxygen atoms in total. The number of nitrogens with zero attached hydrogens (tertiary/aromatic N) is 1. The van der Waals surface area contributed by atoms with Gasteiger partial charge in [-0.2, -0.15) is 0 Å². The van der Waals surface area contributed by atoms with Crippen LogP contribution in [0.5, 0.6) is 0 Å². The Bertz CT molecular complexity index is 436. The van der Waals surface area contributed by atoms with Crippen molar-refractivity contribution in [1.82, 2.24) is 0 Å². The van der Waals surface area contributed by atoms with E-state index < -0.39 is 6.10 Å². The number of piperidine rings is 1. The molecular formula is C16H24ClNO2. The smallest absolute Gasteiger partial charge is 0.0776 e. The van der Waals surface area contributed by atoms with E-state index in [1.54, 1.807) is 6.92 Å². The number of ether oxygens (including phenoxy) is 1.